The lowest BCUT2D eigenvalue weighted by molar-refractivity contribution is -0.264. The lowest BCUT2D eigenvalue weighted by Gasteiger charge is -2.32. The first-order valence-corrected chi connectivity index (χ1v) is 7.17. The van der Waals surface area contributed by atoms with E-state index in [1.807, 2.05) is 0 Å². The van der Waals surface area contributed by atoms with Gasteiger partial charge in [-0.15, -0.1) is 0 Å². The van der Waals surface area contributed by atoms with Gasteiger partial charge in [0.15, 0.2) is 0 Å². The maximum Gasteiger partial charge on any atom is 0.423 e. The van der Waals surface area contributed by atoms with Crippen LogP contribution in [-0.4, -0.2) is 36.8 Å². The Balaban J connectivity index is 2.09. The van der Waals surface area contributed by atoms with Gasteiger partial charge in [0.05, 0.1) is 12.5 Å². The Kier molecular flexibility index (Phi) is 5.08. The maximum absolute atomic E-state index is 13.3. The average Bonchev–Trinajstić information content (AvgIpc) is 2.53. The van der Waals surface area contributed by atoms with Crippen molar-refractivity contribution in [3.63, 3.8) is 0 Å². The van der Waals surface area contributed by atoms with E-state index in [2.05, 4.69) is 10.6 Å². The smallest absolute Gasteiger partial charge is 0.375 e. The van der Waals surface area contributed by atoms with Crippen molar-refractivity contribution in [2.24, 2.45) is 5.92 Å². The molecule has 0 bridgehead atoms. The number of carbonyl (C=O) groups is 1. The minimum Gasteiger partial charge on any atom is -0.375 e. The Hall–Kier alpha value is -1.60. The van der Waals surface area contributed by atoms with Gasteiger partial charge in [-0.2, -0.15) is 13.2 Å². The second-order valence-electron chi connectivity index (χ2n) is 5.49. The first kappa shape index (κ1) is 16.8. The summed E-state index contributed by atoms with van der Waals surface area (Å²) >= 11 is 0. The lowest BCUT2D eigenvalue weighted by atomic mass is 9.92. The number of aliphatic hydroxyl groups is 1. The zero-order valence-corrected chi connectivity index (χ0v) is 12.0. The van der Waals surface area contributed by atoms with E-state index in [1.54, 1.807) is 6.07 Å². The molecule has 1 aromatic rings. The van der Waals surface area contributed by atoms with Gasteiger partial charge < -0.3 is 15.7 Å². The number of benzene rings is 1. The molecule has 0 saturated carbocycles. The molecule has 0 aromatic heterocycles. The van der Waals surface area contributed by atoms with Crippen LogP contribution in [0.15, 0.2) is 30.3 Å². The summed E-state index contributed by atoms with van der Waals surface area (Å²) in [5, 5.41) is 15.4. The molecule has 1 aromatic carbocycles. The summed E-state index contributed by atoms with van der Waals surface area (Å²) in [5.74, 6) is -0.826. The molecule has 1 saturated heterocycles. The van der Waals surface area contributed by atoms with Crippen LogP contribution in [0, 0.1) is 5.92 Å². The van der Waals surface area contributed by atoms with Gasteiger partial charge in [-0.05, 0) is 24.9 Å². The normalized spacial score (nSPS) is 21.9. The van der Waals surface area contributed by atoms with E-state index in [1.165, 1.54) is 24.3 Å². The third-order valence-electron chi connectivity index (χ3n) is 3.91. The lowest BCUT2D eigenvalue weighted by Crippen LogP contribution is -2.52. The van der Waals surface area contributed by atoms with E-state index in [0.717, 1.165) is 13.0 Å². The van der Waals surface area contributed by atoms with Crippen LogP contribution >= 0.6 is 0 Å². The highest BCUT2D eigenvalue weighted by molar-refractivity contribution is 5.79. The third-order valence-corrected chi connectivity index (χ3v) is 3.91. The predicted octanol–water partition coefficient (Wildman–Crippen LogP) is 1.55. The van der Waals surface area contributed by atoms with Crippen LogP contribution in [0.2, 0.25) is 0 Å². The molecule has 122 valence electrons. The number of hydrogen-bond donors (Lipinski definition) is 3. The zero-order chi connectivity index (χ0) is 16.2. The molecule has 22 heavy (non-hydrogen) atoms. The van der Waals surface area contributed by atoms with Gasteiger partial charge in [0, 0.05) is 6.54 Å². The number of alkyl halides is 3. The summed E-state index contributed by atoms with van der Waals surface area (Å²) in [6, 6.07) is 6.79. The number of amides is 1. The Morgan fingerprint density at radius 1 is 1.32 bits per heavy atom. The van der Waals surface area contributed by atoms with Crippen molar-refractivity contribution in [2.75, 3.05) is 19.6 Å². The molecule has 0 aliphatic carbocycles. The molecule has 1 heterocycles. The number of hydrogen-bond acceptors (Lipinski definition) is 3. The summed E-state index contributed by atoms with van der Waals surface area (Å²) in [5.41, 5.74) is -3.38. The van der Waals surface area contributed by atoms with E-state index in [4.69, 9.17) is 0 Å². The molecule has 0 radical (unpaired) electrons. The molecule has 1 aliphatic heterocycles. The fraction of sp³-hybridized carbons (Fsp3) is 0.533. The molecule has 1 fully saturated rings. The average molecular weight is 316 g/mol. The van der Waals surface area contributed by atoms with E-state index in [9.17, 15) is 23.1 Å². The Morgan fingerprint density at radius 2 is 2.00 bits per heavy atom. The highest BCUT2D eigenvalue weighted by atomic mass is 19.4. The number of carbonyl (C=O) groups excluding carboxylic acids is 1. The quantitative estimate of drug-likeness (QED) is 0.790. The van der Waals surface area contributed by atoms with Crippen molar-refractivity contribution in [3.8, 4) is 0 Å². The summed E-state index contributed by atoms with van der Waals surface area (Å²) in [6.45, 7) is 0.359. The molecule has 2 unspecified atom stereocenters. The van der Waals surface area contributed by atoms with Crippen LogP contribution in [0.4, 0.5) is 13.2 Å². The van der Waals surface area contributed by atoms with Gasteiger partial charge >= 0.3 is 6.18 Å². The zero-order valence-electron chi connectivity index (χ0n) is 12.0. The van der Waals surface area contributed by atoms with Crippen molar-refractivity contribution in [1.82, 2.24) is 10.6 Å². The molecule has 4 nitrogen and oxygen atoms in total. The fourth-order valence-electron chi connectivity index (χ4n) is 2.51. The van der Waals surface area contributed by atoms with E-state index in [-0.39, 0.29) is 11.5 Å². The van der Waals surface area contributed by atoms with Crippen LogP contribution in [0.25, 0.3) is 0 Å². The van der Waals surface area contributed by atoms with Crippen molar-refractivity contribution in [1.29, 1.82) is 0 Å². The minimum absolute atomic E-state index is 0.287. The molecule has 1 amide bonds. The summed E-state index contributed by atoms with van der Waals surface area (Å²) in [6.07, 6.45) is -3.44. The fourth-order valence-corrected chi connectivity index (χ4v) is 2.51. The highest BCUT2D eigenvalue weighted by Gasteiger charge is 2.55. The van der Waals surface area contributed by atoms with Gasteiger partial charge in [0.1, 0.15) is 0 Å². The Labute approximate surface area is 126 Å². The van der Waals surface area contributed by atoms with Gasteiger partial charge in [-0.3, -0.25) is 4.79 Å². The van der Waals surface area contributed by atoms with Crippen molar-refractivity contribution in [2.45, 2.75) is 24.6 Å². The Morgan fingerprint density at radius 3 is 2.55 bits per heavy atom. The van der Waals surface area contributed by atoms with Crippen molar-refractivity contribution >= 4 is 5.91 Å². The SMILES string of the molecule is O=C(NCC(O)(c1ccccc1)C(F)(F)F)C1CCCNC1. The molecule has 2 rings (SSSR count). The third kappa shape index (κ3) is 3.59. The second kappa shape index (κ2) is 6.66. The second-order valence-corrected chi connectivity index (χ2v) is 5.49. The van der Waals surface area contributed by atoms with Crippen LogP contribution in [0.3, 0.4) is 0 Å². The molecular formula is C15H19F3N2O2. The van der Waals surface area contributed by atoms with Gasteiger partial charge in [-0.1, -0.05) is 30.3 Å². The molecule has 3 N–H and O–H groups in total. The summed E-state index contributed by atoms with van der Waals surface area (Å²) in [4.78, 5) is 12.0. The first-order chi connectivity index (χ1) is 10.3. The van der Waals surface area contributed by atoms with Crippen LogP contribution < -0.4 is 10.6 Å². The number of rotatable bonds is 4. The minimum atomic E-state index is -4.88. The predicted molar refractivity (Wildman–Crippen MR) is 75.0 cm³/mol. The van der Waals surface area contributed by atoms with Gasteiger partial charge in [0.25, 0.3) is 0 Å². The summed E-state index contributed by atoms with van der Waals surface area (Å²) in [7, 11) is 0. The van der Waals surface area contributed by atoms with Crippen LogP contribution in [0.1, 0.15) is 18.4 Å². The molecule has 2 atom stereocenters. The molecule has 0 spiro atoms. The Bertz CT molecular complexity index is 501. The van der Waals surface area contributed by atoms with Crippen molar-refractivity contribution < 1.29 is 23.1 Å². The van der Waals surface area contributed by atoms with E-state index in [0.29, 0.717) is 13.0 Å². The maximum atomic E-state index is 13.3. The van der Waals surface area contributed by atoms with Crippen LogP contribution in [0.5, 0.6) is 0 Å². The number of nitrogens with one attached hydrogen (secondary N) is 2. The van der Waals surface area contributed by atoms with Gasteiger partial charge in [-0.25, -0.2) is 0 Å². The monoisotopic (exact) mass is 316 g/mol. The molecule has 1 aliphatic rings. The molecule has 7 heteroatoms. The number of piperidine rings is 1. The largest absolute Gasteiger partial charge is 0.423 e. The topological polar surface area (TPSA) is 61.4 Å². The van der Waals surface area contributed by atoms with Gasteiger partial charge in [0.2, 0.25) is 11.5 Å². The highest BCUT2D eigenvalue weighted by Crippen LogP contribution is 2.38. The van der Waals surface area contributed by atoms with E-state index < -0.39 is 24.2 Å². The summed E-state index contributed by atoms with van der Waals surface area (Å²) < 4.78 is 39.8. The van der Waals surface area contributed by atoms with Crippen molar-refractivity contribution in [3.05, 3.63) is 35.9 Å². The molecular weight excluding hydrogens is 297 g/mol. The van der Waals surface area contributed by atoms with Crippen LogP contribution in [-0.2, 0) is 10.4 Å². The first-order valence-electron chi connectivity index (χ1n) is 7.17. The standard InChI is InChI=1S/C15H19F3N2O2/c16-15(17,18)14(22,12-6-2-1-3-7-12)10-20-13(21)11-5-4-8-19-9-11/h1-3,6-7,11,19,22H,4-5,8-10H2,(H,20,21). The van der Waals surface area contributed by atoms with E-state index >= 15 is 0 Å². The number of halogens is 3.